The Balaban J connectivity index is 1.53. The lowest BCUT2D eigenvalue weighted by Crippen LogP contribution is -2.61. The molecule has 4 bridgehead atoms. The van der Waals surface area contributed by atoms with Crippen LogP contribution < -0.4 is 15.5 Å². The zero-order chi connectivity index (χ0) is 24.7. The highest BCUT2D eigenvalue weighted by Gasteiger charge is 2.55. The summed E-state index contributed by atoms with van der Waals surface area (Å²) >= 11 is 0. The van der Waals surface area contributed by atoms with Crippen molar-refractivity contribution in [2.45, 2.75) is 71.4 Å². The van der Waals surface area contributed by atoms with Gasteiger partial charge < -0.3 is 15.2 Å². The average Bonchev–Trinajstić information content (AvgIpc) is 3.15. The molecule has 9 heteroatoms. The van der Waals surface area contributed by atoms with Crippen LogP contribution in [0.1, 0.15) is 70.2 Å². The molecule has 4 saturated carbocycles. The SMILES string of the molecule is CONC(=O)C(C)(C)/C=C/n1ncc(C(=O)N[C@H]2C3CC4CC2C[C@](O)(C4)C3)c1OCC(C)C. The van der Waals surface area contributed by atoms with Crippen molar-refractivity contribution in [3.8, 4) is 5.88 Å². The van der Waals surface area contributed by atoms with Crippen LogP contribution in [0.15, 0.2) is 12.3 Å². The smallest absolute Gasteiger partial charge is 0.258 e. The summed E-state index contributed by atoms with van der Waals surface area (Å²) in [6.07, 6.45) is 9.43. The van der Waals surface area contributed by atoms with Crippen molar-refractivity contribution in [3.05, 3.63) is 17.8 Å². The molecule has 0 spiro atoms. The Labute approximate surface area is 201 Å². The molecule has 0 aliphatic heterocycles. The number of nitrogens with zero attached hydrogens (tertiary/aromatic N) is 2. The Morgan fingerprint density at radius 2 is 1.97 bits per heavy atom. The van der Waals surface area contributed by atoms with Crippen LogP contribution in [0.5, 0.6) is 5.88 Å². The van der Waals surface area contributed by atoms with Crippen molar-refractivity contribution in [2.24, 2.45) is 29.1 Å². The van der Waals surface area contributed by atoms with Crippen molar-refractivity contribution >= 4 is 18.0 Å². The van der Waals surface area contributed by atoms with Crippen LogP contribution in [0, 0.1) is 29.1 Å². The predicted octanol–water partition coefficient (Wildman–Crippen LogP) is 2.76. The standard InChI is InChI=1S/C25H38N4O5/c1-15(2)14-34-22-19(13-26-29(22)7-6-24(3,4)23(31)28-33-5)21(30)27-20-17-8-16-9-18(20)12-25(32,10-16)11-17/h6-7,13,15-18,20,32H,8-12,14H2,1-5H3,(H,27,30)(H,28,31)/b7-6+/t16?,17?,18?,20-,25-. The maximum Gasteiger partial charge on any atom is 0.258 e. The monoisotopic (exact) mass is 474 g/mol. The van der Waals surface area contributed by atoms with E-state index in [1.165, 1.54) is 18.0 Å². The van der Waals surface area contributed by atoms with Crippen molar-refractivity contribution in [1.29, 1.82) is 0 Å². The van der Waals surface area contributed by atoms with Crippen molar-refractivity contribution in [3.63, 3.8) is 0 Å². The molecule has 0 saturated heterocycles. The van der Waals surface area contributed by atoms with E-state index >= 15 is 0 Å². The fraction of sp³-hybridized carbons (Fsp3) is 0.720. The largest absolute Gasteiger partial charge is 0.477 e. The van der Waals surface area contributed by atoms with Gasteiger partial charge in [0.15, 0.2) is 0 Å². The quantitative estimate of drug-likeness (QED) is 0.474. The number of rotatable bonds is 9. The Kier molecular flexibility index (Phi) is 6.79. The van der Waals surface area contributed by atoms with Gasteiger partial charge in [0.05, 0.1) is 30.9 Å². The summed E-state index contributed by atoms with van der Waals surface area (Å²) in [4.78, 5) is 30.3. The van der Waals surface area contributed by atoms with E-state index in [0.717, 1.165) is 32.1 Å². The average molecular weight is 475 g/mol. The molecule has 3 N–H and O–H groups in total. The molecule has 2 atom stereocenters. The minimum absolute atomic E-state index is 0.0674. The Hall–Kier alpha value is -2.39. The molecule has 1 aromatic rings. The van der Waals surface area contributed by atoms with Gasteiger partial charge in [-0.1, -0.05) is 19.9 Å². The third-order valence-electron chi connectivity index (χ3n) is 7.50. The molecular weight excluding hydrogens is 436 g/mol. The normalized spacial score (nSPS) is 30.2. The lowest BCUT2D eigenvalue weighted by molar-refractivity contribution is -0.137. The van der Waals surface area contributed by atoms with E-state index in [2.05, 4.69) is 15.9 Å². The van der Waals surface area contributed by atoms with E-state index in [9.17, 15) is 14.7 Å². The van der Waals surface area contributed by atoms with E-state index in [1.54, 1.807) is 26.1 Å². The fourth-order valence-corrected chi connectivity index (χ4v) is 6.01. The molecule has 188 valence electrons. The van der Waals surface area contributed by atoms with Gasteiger partial charge in [-0.25, -0.2) is 10.2 Å². The zero-order valence-corrected chi connectivity index (χ0v) is 20.8. The molecule has 4 aliphatic rings. The number of aliphatic hydroxyl groups is 1. The molecule has 4 aliphatic carbocycles. The first-order chi connectivity index (χ1) is 16.0. The number of nitrogens with one attached hydrogen (secondary N) is 2. The first-order valence-electron chi connectivity index (χ1n) is 12.3. The summed E-state index contributed by atoms with van der Waals surface area (Å²) in [6.45, 7) is 8.01. The number of hydrogen-bond acceptors (Lipinski definition) is 6. The predicted molar refractivity (Wildman–Crippen MR) is 127 cm³/mol. The molecule has 2 unspecified atom stereocenters. The van der Waals surface area contributed by atoms with Gasteiger partial charge in [0.25, 0.3) is 11.8 Å². The number of aromatic nitrogens is 2. The summed E-state index contributed by atoms with van der Waals surface area (Å²) in [5.41, 5.74) is 1.31. The third kappa shape index (κ3) is 5.00. The van der Waals surface area contributed by atoms with Crippen LogP contribution in [-0.2, 0) is 9.63 Å². The van der Waals surface area contributed by atoms with Crippen LogP contribution in [0.25, 0.3) is 6.20 Å². The van der Waals surface area contributed by atoms with Crippen LogP contribution in [0.2, 0.25) is 0 Å². The molecule has 4 fully saturated rings. The van der Waals surface area contributed by atoms with Gasteiger partial charge in [-0.15, -0.1) is 0 Å². The molecule has 1 aromatic heterocycles. The number of carbonyl (C=O) groups excluding carboxylic acids is 2. The van der Waals surface area contributed by atoms with E-state index in [0.29, 0.717) is 35.8 Å². The first kappa shape index (κ1) is 24.7. The molecular formula is C25H38N4O5. The van der Waals surface area contributed by atoms with E-state index in [-0.39, 0.29) is 23.8 Å². The Morgan fingerprint density at radius 1 is 1.29 bits per heavy atom. The number of carbonyl (C=O) groups is 2. The zero-order valence-electron chi connectivity index (χ0n) is 20.8. The summed E-state index contributed by atoms with van der Waals surface area (Å²) in [5, 5.41) is 18.5. The summed E-state index contributed by atoms with van der Waals surface area (Å²) in [5.74, 6) is 1.31. The molecule has 34 heavy (non-hydrogen) atoms. The maximum absolute atomic E-state index is 13.4. The Bertz CT molecular complexity index is 937. The fourth-order valence-electron chi connectivity index (χ4n) is 6.01. The Morgan fingerprint density at radius 3 is 2.56 bits per heavy atom. The third-order valence-corrected chi connectivity index (χ3v) is 7.50. The number of hydrogen-bond donors (Lipinski definition) is 3. The van der Waals surface area contributed by atoms with Crippen molar-refractivity contribution < 1.29 is 24.3 Å². The highest BCUT2D eigenvalue weighted by atomic mass is 16.6. The van der Waals surface area contributed by atoms with Gasteiger partial charge in [-0.05, 0) is 69.6 Å². The highest BCUT2D eigenvalue weighted by molar-refractivity contribution is 5.96. The van der Waals surface area contributed by atoms with E-state index in [4.69, 9.17) is 9.57 Å². The van der Waals surface area contributed by atoms with Gasteiger partial charge in [0.1, 0.15) is 5.56 Å². The van der Waals surface area contributed by atoms with Gasteiger partial charge in [0, 0.05) is 12.2 Å². The number of hydroxylamine groups is 1. The van der Waals surface area contributed by atoms with Crippen LogP contribution >= 0.6 is 0 Å². The second-order valence-electron chi connectivity index (χ2n) is 11.4. The van der Waals surface area contributed by atoms with E-state index in [1.807, 2.05) is 13.8 Å². The minimum Gasteiger partial charge on any atom is -0.477 e. The van der Waals surface area contributed by atoms with Crippen LogP contribution in [0.3, 0.4) is 0 Å². The lowest BCUT2D eigenvalue weighted by atomic mass is 9.52. The van der Waals surface area contributed by atoms with Gasteiger partial charge in [-0.2, -0.15) is 5.10 Å². The molecule has 9 nitrogen and oxygen atoms in total. The molecule has 0 radical (unpaired) electrons. The topological polar surface area (TPSA) is 115 Å². The lowest BCUT2D eigenvalue weighted by Gasteiger charge is -2.58. The van der Waals surface area contributed by atoms with E-state index < -0.39 is 11.0 Å². The van der Waals surface area contributed by atoms with Crippen LogP contribution in [-0.4, -0.2) is 52.1 Å². The summed E-state index contributed by atoms with van der Waals surface area (Å²) in [6, 6.07) is 0.0674. The highest BCUT2D eigenvalue weighted by Crippen LogP contribution is 2.55. The summed E-state index contributed by atoms with van der Waals surface area (Å²) < 4.78 is 7.51. The molecule has 2 amide bonds. The number of ether oxygens (including phenoxy) is 1. The van der Waals surface area contributed by atoms with Crippen molar-refractivity contribution in [1.82, 2.24) is 20.6 Å². The molecule has 1 heterocycles. The minimum atomic E-state index is -0.861. The summed E-state index contributed by atoms with van der Waals surface area (Å²) in [7, 11) is 1.39. The molecule has 0 aromatic carbocycles. The second kappa shape index (κ2) is 9.34. The van der Waals surface area contributed by atoms with Crippen LogP contribution in [0.4, 0.5) is 0 Å². The van der Waals surface area contributed by atoms with Gasteiger partial charge >= 0.3 is 0 Å². The van der Waals surface area contributed by atoms with Gasteiger partial charge in [0.2, 0.25) is 5.88 Å². The molecule has 5 rings (SSSR count). The van der Waals surface area contributed by atoms with Gasteiger partial charge in [-0.3, -0.25) is 14.4 Å². The first-order valence-corrected chi connectivity index (χ1v) is 12.3. The van der Waals surface area contributed by atoms with Crippen molar-refractivity contribution in [2.75, 3.05) is 13.7 Å². The maximum atomic E-state index is 13.4. The number of amides is 2. The second-order valence-corrected chi connectivity index (χ2v) is 11.4.